The van der Waals surface area contributed by atoms with Crippen molar-refractivity contribution in [2.45, 2.75) is 11.4 Å². The number of carbonyl (C=O) groups excluding carboxylic acids is 1. The van der Waals surface area contributed by atoms with E-state index >= 15 is 0 Å². The highest BCUT2D eigenvalue weighted by Crippen LogP contribution is 2.24. The zero-order chi connectivity index (χ0) is 20.6. The largest absolute Gasteiger partial charge is 0.379 e. The highest BCUT2D eigenvalue weighted by Gasteiger charge is 2.18. The fourth-order valence-corrected chi connectivity index (χ4v) is 3.66. The smallest absolute Gasteiger partial charge is 0.279 e. The van der Waals surface area contributed by atoms with Crippen LogP contribution >= 0.6 is 11.8 Å². The van der Waals surface area contributed by atoms with Gasteiger partial charge >= 0.3 is 0 Å². The van der Waals surface area contributed by atoms with E-state index in [2.05, 4.69) is 15.3 Å². The number of para-hydroxylation sites is 2. The van der Waals surface area contributed by atoms with Gasteiger partial charge in [-0.1, -0.05) is 24.3 Å². The van der Waals surface area contributed by atoms with E-state index in [-0.39, 0.29) is 18.0 Å². The van der Waals surface area contributed by atoms with Gasteiger partial charge < -0.3 is 19.9 Å². The second-order valence-corrected chi connectivity index (χ2v) is 7.47. The number of methoxy groups -OCH3 is 1. The Morgan fingerprint density at radius 2 is 1.97 bits per heavy atom. The zero-order valence-corrected chi connectivity index (χ0v) is 17.3. The molecule has 7 nitrogen and oxygen atoms in total. The molecular formula is C21H25N4O3S+. The average Bonchev–Trinajstić information content (AvgIpc) is 2.72. The molecule has 3 rings (SSSR count). The number of hydrogen-bond acceptors (Lipinski definition) is 5. The van der Waals surface area contributed by atoms with E-state index in [9.17, 15) is 9.59 Å². The third kappa shape index (κ3) is 5.66. The summed E-state index contributed by atoms with van der Waals surface area (Å²) in [7, 11) is 1.63. The lowest BCUT2D eigenvalue weighted by molar-refractivity contribution is -0.906. The van der Waals surface area contributed by atoms with E-state index in [0.717, 1.165) is 15.5 Å². The molecule has 1 unspecified atom stereocenters. The number of fused-ring (bicyclic) bond motifs is 1. The maximum absolute atomic E-state index is 12.6. The maximum atomic E-state index is 12.6. The third-order valence-electron chi connectivity index (χ3n) is 4.53. The number of rotatable bonds is 9. The second-order valence-electron chi connectivity index (χ2n) is 6.62. The lowest BCUT2D eigenvalue weighted by atomic mass is 10.2. The molecule has 0 radical (unpaired) electrons. The number of benzene rings is 2. The summed E-state index contributed by atoms with van der Waals surface area (Å²) in [5.41, 5.74) is 1.28. The number of amides is 1. The van der Waals surface area contributed by atoms with Gasteiger partial charge in [-0.15, -0.1) is 11.8 Å². The second kappa shape index (κ2) is 10.2. The zero-order valence-electron chi connectivity index (χ0n) is 16.5. The van der Waals surface area contributed by atoms with Crippen molar-refractivity contribution >= 4 is 34.3 Å². The van der Waals surface area contributed by atoms with Gasteiger partial charge in [0, 0.05) is 12.0 Å². The number of ether oxygens (including phenoxy) is 1. The highest BCUT2D eigenvalue weighted by molar-refractivity contribution is 7.98. The number of aromatic nitrogens is 2. The molecule has 0 saturated heterocycles. The molecule has 8 heteroatoms. The monoisotopic (exact) mass is 413 g/mol. The molecule has 0 aliphatic carbocycles. The molecule has 152 valence electrons. The Morgan fingerprint density at radius 1 is 1.21 bits per heavy atom. The van der Waals surface area contributed by atoms with E-state index in [1.54, 1.807) is 24.9 Å². The lowest BCUT2D eigenvalue weighted by Crippen LogP contribution is -3.12. The molecule has 0 aliphatic rings. The Labute approximate surface area is 173 Å². The fraction of sp³-hybridized carbons (Fsp3) is 0.286. The third-order valence-corrected chi connectivity index (χ3v) is 5.33. The molecule has 0 aliphatic heterocycles. The van der Waals surface area contributed by atoms with Crippen molar-refractivity contribution in [2.24, 2.45) is 0 Å². The van der Waals surface area contributed by atoms with Gasteiger partial charge in [-0.3, -0.25) is 9.59 Å². The Bertz CT molecular complexity index is 1040. The summed E-state index contributed by atoms with van der Waals surface area (Å²) in [6, 6.07) is 14.9. The van der Waals surface area contributed by atoms with E-state index in [1.807, 2.05) is 48.7 Å². The van der Waals surface area contributed by atoms with Gasteiger partial charge in [-0.2, -0.15) is 0 Å². The predicted octanol–water partition coefficient (Wildman–Crippen LogP) is 1.32. The summed E-state index contributed by atoms with van der Waals surface area (Å²) in [5, 5.41) is 3.54. The topological polar surface area (TPSA) is 88.5 Å². The van der Waals surface area contributed by atoms with Crippen LogP contribution in [-0.2, 0) is 16.1 Å². The summed E-state index contributed by atoms with van der Waals surface area (Å²) in [6.45, 7) is 1.77. The minimum atomic E-state index is -0.171. The van der Waals surface area contributed by atoms with E-state index in [0.29, 0.717) is 36.4 Å². The Balaban J connectivity index is 1.74. The maximum Gasteiger partial charge on any atom is 0.279 e. The molecule has 0 bridgehead atoms. The standard InChI is InChI=1S/C21H24N4O3S/c1-28-12-11-25(14-20(26)23-17-9-5-6-10-18(17)29-2)13-19-22-16-8-4-3-7-15(16)21(27)24-19/h3-10H,11-14H2,1-2H3,(H,23,26)(H,22,24,27)/p+1. The molecule has 3 aromatic rings. The molecular weight excluding hydrogens is 388 g/mol. The summed E-state index contributed by atoms with van der Waals surface area (Å²) < 4.78 is 5.19. The number of nitrogens with one attached hydrogen (secondary N) is 3. The van der Waals surface area contributed by atoms with Gasteiger partial charge in [0.25, 0.3) is 11.5 Å². The van der Waals surface area contributed by atoms with Crippen molar-refractivity contribution < 1.29 is 14.4 Å². The van der Waals surface area contributed by atoms with E-state index in [4.69, 9.17) is 4.74 Å². The van der Waals surface area contributed by atoms with Crippen LogP contribution in [0.4, 0.5) is 5.69 Å². The van der Waals surface area contributed by atoms with Gasteiger partial charge in [0.05, 0.1) is 23.2 Å². The first-order valence-corrected chi connectivity index (χ1v) is 10.6. The predicted molar refractivity (Wildman–Crippen MR) is 115 cm³/mol. The minimum Gasteiger partial charge on any atom is -0.379 e. The number of anilines is 1. The van der Waals surface area contributed by atoms with Crippen LogP contribution in [-0.4, -0.2) is 48.9 Å². The van der Waals surface area contributed by atoms with Crippen LogP contribution in [0.1, 0.15) is 5.82 Å². The number of thioether (sulfide) groups is 1. The van der Waals surface area contributed by atoms with Crippen molar-refractivity contribution in [1.82, 2.24) is 9.97 Å². The van der Waals surface area contributed by atoms with Crippen LogP contribution in [0.25, 0.3) is 10.9 Å². The fourth-order valence-electron chi connectivity index (χ4n) is 3.11. The van der Waals surface area contributed by atoms with Crippen LogP contribution in [0.3, 0.4) is 0 Å². The summed E-state index contributed by atoms with van der Waals surface area (Å²) >= 11 is 1.58. The summed E-state index contributed by atoms with van der Waals surface area (Å²) in [6.07, 6.45) is 1.98. The number of hydrogen-bond donors (Lipinski definition) is 3. The van der Waals surface area contributed by atoms with E-state index in [1.165, 1.54) is 0 Å². The van der Waals surface area contributed by atoms with Crippen LogP contribution in [0.15, 0.2) is 58.2 Å². The average molecular weight is 414 g/mol. The van der Waals surface area contributed by atoms with Crippen LogP contribution in [0, 0.1) is 0 Å². The van der Waals surface area contributed by atoms with Gasteiger partial charge in [0.2, 0.25) is 0 Å². The number of nitrogens with zero attached hydrogens (tertiary/aromatic N) is 1. The Hall–Kier alpha value is -2.68. The first-order valence-electron chi connectivity index (χ1n) is 9.34. The van der Waals surface area contributed by atoms with Crippen molar-refractivity contribution in [2.75, 3.05) is 38.4 Å². The van der Waals surface area contributed by atoms with Crippen molar-refractivity contribution in [1.29, 1.82) is 0 Å². The lowest BCUT2D eigenvalue weighted by Gasteiger charge is -2.19. The van der Waals surface area contributed by atoms with Gasteiger partial charge in [0.1, 0.15) is 13.1 Å². The highest BCUT2D eigenvalue weighted by atomic mass is 32.2. The van der Waals surface area contributed by atoms with Crippen LogP contribution in [0.5, 0.6) is 0 Å². The quantitative estimate of drug-likeness (QED) is 0.461. The Kier molecular flexibility index (Phi) is 7.40. The molecule has 3 N–H and O–H groups in total. The first-order chi connectivity index (χ1) is 14.1. The molecule has 2 aromatic carbocycles. The minimum absolute atomic E-state index is 0.0965. The molecule has 1 atom stereocenters. The number of H-pyrrole nitrogens is 1. The molecule has 1 amide bonds. The van der Waals surface area contributed by atoms with Gasteiger partial charge in [-0.25, -0.2) is 4.98 Å². The molecule has 0 spiro atoms. The van der Waals surface area contributed by atoms with Crippen molar-refractivity contribution in [3.05, 3.63) is 64.7 Å². The molecule has 1 heterocycles. The number of carbonyl (C=O) groups is 1. The summed E-state index contributed by atoms with van der Waals surface area (Å²) in [5.74, 6) is 0.456. The normalized spacial score (nSPS) is 12.1. The van der Waals surface area contributed by atoms with Crippen LogP contribution in [0.2, 0.25) is 0 Å². The van der Waals surface area contributed by atoms with Gasteiger partial charge in [-0.05, 0) is 30.5 Å². The first kappa shape index (κ1) is 21.0. The van der Waals surface area contributed by atoms with E-state index < -0.39 is 0 Å². The molecule has 1 aromatic heterocycles. The number of aromatic amines is 1. The molecule has 0 fully saturated rings. The molecule has 0 saturated carbocycles. The van der Waals surface area contributed by atoms with Crippen molar-refractivity contribution in [3.8, 4) is 0 Å². The summed E-state index contributed by atoms with van der Waals surface area (Å²) in [4.78, 5) is 34.3. The SMILES string of the molecule is COCC[NH+](CC(=O)Nc1ccccc1SC)Cc1nc2ccccc2c(=O)[nH]1. The Morgan fingerprint density at radius 3 is 2.76 bits per heavy atom. The van der Waals surface area contributed by atoms with Crippen LogP contribution < -0.4 is 15.8 Å². The van der Waals surface area contributed by atoms with Gasteiger partial charge in [0.15, 0.2) is 12.4 Å². The van der Waals surface area contributed by atoms with Crippen molar-refractivity contribution in [3.63, 3.8) is 0 Å². The number of quaternary nitrogens is 1. The molecule has 29 heavy (non-hydrogen) atoms.